The van der Waals surface area contributed by atoms with Crippen LogP contribution in [0.3, 0.4) is 0 Å². The van der Waals surface area contributed by atoms with E-state index in [0.717, 1.165) is 0 Å². The molecule has 2 aromatic carbocycles. The monoisotopic (exact) mass is 408 g/mol. The molecule has 3 aromatic rings. The van der Waals surface area contributed by atoms with Gasteiger partial charge in [-0.05, 0) is 29.8 Å². The number of anilines is 1. The predicted molar refractivity (Wildman–Crippen MR) is 110 cm³/mol. The van der Waals surface area contributed by atoms with E-state index < -0.39 is 16.6 Å². The lowest BCUT2D eigenvalue weighted by atomic mass is 9.87. The average Bonchev–Trinajstić information content (AvgIpc) is 2.76. The van der Waals surface area contributed by atoms with Gasteiger partial charge >= 0.3 is 0 Å². The zero-order valence-electron chi connectivity index (χ0n) is 14.5. The van der Waals surface area contributed by atoms with E-state index in [1.807, 2.05) is 6.07 Å². The number of Topliss-reactive ketones (excluding diaryl/α,β-unsaturated/α-hetero) is 1. The van der Waals surface area contributed by atoms with Crippen molar-refractivity contribution in [2.75, 3.05) is 4.90 Å². The minimum atomic E-state index is -1.94. The summed E-state index contributed by atoms with van der Waals surface area (Å²) in [6.45, 7) is 0. The Bertz CT molecular complexity index is 1070. The molecule has 138 valence electrons. The molecule has 0 fully saturated rings. The second-order valence-electron chi connectivity index (χ2n) is 6.23. The maximum Gasteiger partial charge on any atom is 0.265 e. The van der Waals surface area contributed by atoms with Crippen molar-refractivity contribution in [1.29, 1.82) is 0 Å². The van der Waals surface area contributed by atoms with Gasteiger partial charge in [-0.2, -0.15) is 0 Å². The largest absolute Gasteiger partial charge is 0.290 e. The molecule has 0 N–H and O–H groups in total. The molecule has 0 aliphatic carbocycles. The van der Waals surface area contributed by atoms with Crippen LogP contribution in [-0.2, 0) is 14.5 Å². The number of benzene rings is 2. The molecule has 0 saturated carbocycles. The first kappa shape index (κ1) is 18.4. The van der Waals surface area contributed by atoms with Crippen LogP contribution in [-0.4, -0.2) is 16.7 Å². The van der Waals surface area contributed by atoms with Crippen LogP contribution in [0.4, 0.5) is 5.69 Å². The Kier molecular flexibility index (Phi) is 4.75. The minimum absolute atomic E-state index is 0.115. The van der Waals surface area contributed by atoms with Gasteiger partial charge in [0, 0.05) is 23.6 Å². The Morgan fingerprint density at radius 1 is 0.857 bits per heavy atom. The minimum Gasteiger partial charge on any atom is -0.290 e. The zero-order chi connectivity index (χ0) is 19.7. The number of carbonyl (C=O) groups is 2. The zero-order valence-corrected chi connectivity index (χ0v) is 16.1. The van der Waals surface area contributed by atoms with Crippen LogP contribution in [0.5, 0.6) is 0 Å². The highest BCUT2D eigenvalue weighted by atomic mass is 35.5. The summed E-state index contributed by atoms with van der Waals surface area (Å²) in [5, 5.41) is -0.115. The van der Waals surface area contributed by atoms with Crippen LogP contribution in [0, 0.1) is 0 Å². The molecule has 28 heavy (non-hydrogen) atoms. The van der Waals surface area contributed by atoms with Gasteiger partial charge in [-0.3, -0.25) is 19.5 Å². The fourth-order valence-electron chi connectivity index (χ4n) is 3.21. The first-order valence-corrected chi connectivity index (χ1v) is 9.29. The van der Waals surface area contributed by atoms with Gasteiger partial charge in [0.05, 0.1) is 5.70 Å². The van der Waals surface area contributed by atoms with Crippen molar-refractivity contribution in [3.8, 4) is 0 Å². The normalized spacial score (nSPS) is 19.9. The molecule has 0 spiro atoms. The summed E-state index contributed by atoms with van der Waals surface area (Å²) in [5.41, 5.74) is 1.74. The highest BCUT2D eigenvalue weighted by Crippen LogP contribution is 2.45. The smallest absolute Gasteiger partial charge is 0.265 e. The van der Waals surface area contributed by atoms with Crippen LogP contribution >= 0.6 is 23.2 Å². The highest BCUT2D eigenvalue weighted by Gasteiger charge is 2.54. The molecule has 0 radical (unpaired) electrons. The van der Waals surface area contributed by atoms with Crippen molar-refractivity contribution in [1.82, 2.24) is 4.98 Å². The number of rotatable bonds is 3. The van der Waals surface area contributed by atoms with Gasteiger partial charge in [0.2, 0.25) is 10.7 Å². The third-order valence-corrected chi connectivity index (χ3v) is 5.46. The van der Waals surface area contributed by atoms with Crippen molar-refractivity contribution in [3.05, 3.63) is 101 Å². The quantitative estimate of drug-likeness (QED) is 0.464. The number of halogens is 2. The number of alkyl halides is 1. The van der Waals surface area contributed by atoms with E-state index in [1.165, 1.54) is 4.90 Å². The van der Waals surface area contributed by atoms with Crippen molar-refractivity contribution >= 4 is 46.3 Å². The number of nitrogens with zero attached hydrogens (tertiary/aromatic N) is 2. The molecule has 4 nitrogen and oxygen atoms in total. The number of amides is 1. The molecule has 1 unspecified atom stereocenters. The summed E-state index contributed by atoms with van der Waals surface area (Å²) in [4.78, 5) is 30.4. The summed E-state index contributed by atoms with van der Waals surface area (Å²) in [7, 11) is 0. The van der Waals surface area contributed by atoms with Crippen molar-refractivity contribution in [2.24, 2.45) is 0 Å². The Morgan fingerprint density at radius 2 is 1.50 bits per heavy atom. The summed E-state index contributed by atoms with van der Waals surface area (Å²) in [6.07, 6.45) is 3.16. The van der Waals surface area contributed by atoms with Crippen molar-refractivity contribution in [2.45, 2.75) is 4.87 Å². The van der Waals surface area contributed by atoms with Crippen LogP contribution in [0.15, 0.2) is 90.2 Å². The average molecular weight is 409 g/mol. The Morgan fingerprint density at radius 3 is 2.11 bits per heavy atom. The lowest BCUT2D eigenvalue weighted by Crippen LogP contribution is -2.52. The van der Waals surface area contributed by atoms with E-state index >= 15 is 0 Å². The second-order valence-corrected chi connectivity index (χ2v) is 7.18. The van der Waals surface area contributed by atoms with Gasteiger partial charge in [0.1, 0.15) is 5.03 Å². The van der Waals surface area contributed by atoms with E-state index in [2.05, 4.69) is 4.98 Å². The molecule has 4 rings (SSSR count). The topological polar surface area (TPSA) is 50.3 Å². The van der Waals surface area contributed by atoms with Crippen molar-refractivity contribution in [3.63, 3.8) is 0 Å². The Labute approximate surface area is 172 Å². The first-order chi connectivity index (χ1) is 13.5. The van der Waals surface area contributed by atoms with Gasteiger partial charge in [-0.1, -0.05) is 71.7 Å². The number of para-hydroxylation sites is 1. The maximum absolute atomic E-state index is 13.6. The van der Waals surface area contributed by atoms with Gasteiger partial charge in [0.15, 0.2) is 0 Å². The van der Waals surface area contributed by atoms with E-state index in [4.69, 9.17) is 23.2 Å². The van der Waals surface area contributed by atoms with Gasteiger partial charge in [-0.15, -0.1) is 0 Å². The predicted octanol–water partition coefficient (Wildman–Crippen LogP) is 4.74. The van der Waals surface area contributed by atoms with E-state index in [0.29, 0.717) is 16.8 Å². The van der Waals surface area contributed by atoms with Crippen LogP contribution in [0.1, 0.15) is 11.1 Å². The number of ketones is 1. The molecule has 1 aliphatic rings. The summed E-state index contributed by atoms with van der Waals surface area (Å²) in [5.74, 6) is -1.24. The summed E-state index contributed by atoms with van der Waals surface area (Å²) < 4.78 is 0. The molecular formula is C22H14Cl2N2O2. The number of allylic oxidation sites excluding steroid dienone is 1. The lowest BCUT2D eigenvalue weighted by molar-refractivity contribution is -0.129. The van der Waals surface area contributed by atoms with E-state index in [1.54, 1.807) is 79.1 Å². The van der Waals surface area contributed by atoms with E-state index in [-0.39, 0.29) is 10.7 Å². The molecule has 0 saturated heterocycles. The Balaban J connectivity index is 2.00. The van der Waals surface area contributed by atoms with E-state index in [9.17, 15) is 9.59 Å². The standard InChI is InChI=1S/C22H14Cl2N2O2/c23-18-19(15-8-7-13-25-14-15)26(17-11-5-2-6-12-17)21(28)22(24,20(18)27)16-9-3-1-4-10-16/h1-14H. The second kappa shape index (κ2) is 7.23. The molecule has 2 heterocycles. The fourth-order valence-corrected chi connectivity index (χ4v) is 3.90. The molecule has 6 heteroatoms. The van der Waals surface area contributed by atoms with Gasteiger partial charge in [-0.25, -0.2) is 0 Å². The fraction of sp³-hybridized carbons (Fsp3) is 0.0455. The maximum atomic E-state index is 13.6. The number of hydrogen-bond acceptors (Lipinski definition) is 3. The SMILES string of the molecule is O=C1C(Cl)=C(c2cccnc2)N(c2ccccc2)C(=O)C1(Cl)c1ccccc1. The number of hydrogen-bond donors (Lipinski definition) is 0. The van der Waals surface area contributed by atoms with Crippen LogP contribution in [0.25, 0.3) is 5.70 Å². The third kappa shape index (κ3) is 2.82. The highest BCUT2D eigenvalue weighted by molar-refractivity contribution is 6.61. The third-order valence-electron chi connectivity index (χ3n) is 4.56. The molecule has 1 aromatic heterocycles. The summed E-state index contributed by atoms with van der Waals surface area (Å²) >= 11 is 13.3. The summed E-state index contributed by atoms with van der Waals surface area (Å²) in [6, 6.07) is 20.9. The Hall–Kier alpha value is -2.95. The number of pyridine rings is 1. The molecule has 1 aliphatic heterocycles. The molecular weight excluding hydrogens is 395 g/mol. The van der Waals surface area contributed by atoms with Gasteiger partial charge in [0.25, 0.3) is 5.91 Å². The lowest BCUT2D eigenvalue weighted by Gasteiger charge is -2.38. The van der Waals surface area contributed by atoms with Crippen LogP contribution < -0.4 is 4.90 Å². The van der Waals surface area contributed by atoms with Crippen LogP contribution in [0.2, 0.25) is 0 Å². The first-order valence-electron chi connectivity index (χ1n) is 8.54. The number of aromatic nitrogens is 1. The van der Waals surface area contributed by atoms with Crippen molar-refractivity contribution < 1.29 is 9.59 Å². The molecule has 0 bridgehead atoms. The van der Waals surface area contributed by atoms with Gasteiger partial charge < -0.3 is 0 Å². The number of carbonyl (C=O) groups excluding carboxylic acids is 2. The molecule has 1 atom stereocenters. The molecule has 1 amide bonds.